The van der Waals surface area contributed by atoms with Gasteiger partial charge < -0.3 is 0 Å². The van der Waals surface area contributed by atoms with E-state index in [4.69, 9.17) is 0 Å². The van der Waals surface area contributed by atoms with Crippen molar-refractivity contribution < 1.29 is 13.2 Å². The second kappa shape index (κ2) is 9.47. The smallest absolute Gasteiger partial charge is 0.147 e. The third-order valence-corrected chi connectivity index (χ3v) is 11.6. The molecule has 31 heavy (non-hydrogen) atoms. The average molecular weight is 451 g/mol. The molecule has 0 saturated heterocycles. The molecular weight excluding hydrogens is 404 g/mol. The number of fused-ring (bicyclic) bond motifs is 5. The molecule has 4 rings (SSSR count). The average Bonchev–Trinajstić information content (AvgIpc) is 3.15. The van der Waals surface area contributed by atoms with Crippen LogP contribution in [0, 0.1) is 46.8 Å². The predicted molar refractivity (Wildman–Crippen MR) is 128 cm³/mol. The minimum absolute atomic E-state index is 0.142. The number of carbonyl (C=O) groups is 1. The van der Waals surface area contributed by atoms with Gasteiger partial charge in [-0.05, 0) is 111 Å². The zero-order valence-electron chi connectivity index (χ0n) is 20.3. The molecule has 0 bridgehead atoms. The van der Waals surface area contributed by atoms with E-state index in [-0.39, 0.29) is 11.5 Å². The van der Waals surface area contributed by atoms with Gasteiger partial charge in [-0.1, -0.05) is 26.7 Å². The van der Waals surface area contributed by atoms with Crippen molar-refractivity contribution in [1.29, 1.82) is 0 Å². The molecule has 4 aliphatic carbocycles. The quantitative estimate of drug-likeness (QED) is 0.426. The standard InChI is InChI=1S/C27H46O3S/c1-19(9-11-21(28)8-6-18-31(3,29)30)22-13-14-24-23(22)15-16-26-25(24)12-10-20-7-4-5-17-27(20,26)2/h19-20,22-26H,4-18H2,1-3H3/t19-,20?,22?,23?,24?,25+,26+,27+/m1/s1. The van der Waals surface area contributed by atoms with Crippen LogP contribution in [0.3, 0.4) is 0 Å². The molecule has 0 aromatic carbocycles. The molecule has 4 saturated carbocycles. The van der Waals surface area contributed by atoms with Gasteiger partial charge in [0.2, 0.25) is 0 Å². The molecular formula is C27H46O3S. The number of rotatable bonds is 8. The maximum Gasteiger partial charge on any atom is 0.147 e. The molecule has 0 radical (unpaired) electrons. The van der Waals surface area contributed by atoms with Crippen LogP contribution in [0.4, 0.5) is 0 Å². The van der Waals surface area contributed by atoms with Crippen LogP contribution in [0.15, 0.2) is 0 Å². The summed E-state index contributed by atoms with van der Waals surface area (Å²) in [5.41, 5.74) is 0.633. The zero-order chi connectivity index (χ0) is 22.2. The van der Waals surface area contributed by atoms with Crippen molar-refractivity contribution in [1.82, 2.24) is 0 Å². The maximum absolute atomic E-state index is 12.3. The van der Waals surface area contributed by atoms with Gasteiger partial charge in [-0.2, -0.15) is 0 Å². The topological polar surface area (TPSA) is 51.2 Å². The van der Waals surface area contributed by atoms with Gasteiger partial charge in [0.25, 0.3) is 0 Å². The molecule has 4 fully saturated rings. The van der Waals surface area contributed by atoms with Gasteiger partial charge in [-0.25, -0.2) is 8.42 Å². The van der Waals surface area contributed by atoms with Crippen LogP contribution in [-0.4, -0.2) is 26.2 Å². The lowest BCUT2D eigenvalue weighted by Crippen LogP contribution is -2.50. The van der Waals surface area contributed by atoms with E-state index in [9.17, 15) is 13.2 Å². The van der Waals surface area contributed by atoms with E-state index in [1.807, 2.05) is 0 Å². The van der Waals surface area contributed by atoms with Crippen LogP contribution in [0.5, 0.6) is 0 Å². The van der Waals surface area contributed by atoms with Crippen LogP contribution in [0.25, 0.3) is 0 Å². The monoisotopic (exact) mass is 450 g/mol. The van der Waals surface area contributed by atoms with Crippen molar-refractivity contribution >= 4 is 15.6 Å². The van der Waals surface area contributed by atoms with E-state index in [2.05, 4.69) is 13.8 Å². The third-order valence-electron chi connectivity index (χ3n) is 10.5. The Morgan fingerprint density at radius 2 is 1.68 bits per heavy atom. The van der Waals surface area contributed by atoms with Crippen molar-refractivity contribution in [3.63, 3.8) is 0 Å². The molecule has 8 atom stereocenters. The number of sulfone groups is 1. The fourth-order valence-electron chi connectivity index (χ4n) is 8.96. The van der Waals surface area contributed by atoms with Gasteiger partial charge in [0.15, 0.2) is 0 Å². The van der Waals surface area contributed by atoms with E-state index in [1.165, 1.54) is 70.5 Å². The highest BCUT2D eigenvalue weighted by atomic mass is 32.2. The molecule has 0 amide bonds. The Hall–Kier alpha value is -0.380. The fraction of sp³-hybridized carbons (Fsp3) is 0.963. The molecule has 0 aliphatic heterocycles. The maximum atomic E-state index is 12.3. The van der Waals surface area contributed by atoms with Crippen LogP contribution in [-0.2, 0) is 14.6 Å². The van der Waals surface area contributed by atoms with Crippen LogP contribution in [0.1, 0.15) is 104 Å². The first kappa shape index (κ1) is 23.8. The largest absolute Gasteiger partial charge is 0.300 e. The number of ketones is 1. The van der Waals surface area contributed by atoms with Gasteiger partial charge in [-0.3, -0.25) is 4.79 Å². The number of carbonyl (C=O) groups excluding carboxylic acids is 1. The highest BCUT2D eigenvalue weighted by Crippen LogP contribution is 2.64. The van der Waals surface area contributed by atoms with Crippen LogP contribution in [0.2, 0.25) is 0 Å². The summed E-state index contributed by atoms with van der Waals surface area (Å²) in [6.07, 6.45) is 18.4. The molecule has 4 unspecified atom stereocenters. The minimum atomic E-state index is -2.95. The fourth-order valence-corrected chi connectivity index (χ4v) is 9.63. The number of hydrogen-bond donors (Lipinski definition) is 0. The summed E-state index contributed by atoms with van der Waals surface area (Å²) in [7, 11) is -2.95. The first-order chi connectivity index (χ1) is 14.7. The van der Waals surface area contributed by atoms with Crippen LogP contribution < -0.4 is 0 Å². The van der Waals surface area contributed by atoms with Gasteiger partial charge in [0.1, 0.15) is 15.6 Å². The van der Waals surface area contributed by atoms with Gasteiger partial charge in [-0.15, -0.1) is 0 Å². The first-order valence-electron chi connectivity index (χ1n) is 13.4. The normalized spacial score (nSPS) is 41.1. The number of Topliss-reactive ketones (excluding diaryl/α,β-unsaturated/α-hetero) is 1. The van der Waals surface area contributed by atoms with E-state index in [0.717, 1.165) is 41.9 Å². The van der Waals surface area contributed by atoms with Crippen LogP contribution >= 0.6 is 0 Å². The number of hydrogen-bond acceptors (Lipinski definition) is 3. The molecule has 0 aromatic rings. The highest BCUT2D eigenvalue weighted by Gasteiger charge is 2.55. The highest BCUT2D eigenvalue weighted by molar-refractivity contribution is 7.90. The predicted octanol–water partition coefficient (Wildman–Crippen LogP) is 6.46. The molecule has 3 nitrogen and oxygen atoms in total. The summed E-state index contributed by atoms with van der Waals surface area (Å²) in [5, 5.41) is 0. The summed E-state index contributed by atoms with van der Waals surface area (Å²) in [4.78, 5) is 12.3. The van der Waals surface area contributed by atoms with E-state index < -0.39 is 9.84 Å². The zero-order valence-corrected chi connectivity index (χ0v) is 21.1. The molecule has 0 N–H and O–H groups in total. The Morgan fingerprint density at radius 1 is 0.935 bits per heavy atom. The van der Waals surface area contributed by atoms with E-state index >= 15 is 0 Å². The molecule has 4 heteroatoms. The van der Waals surface area contributed by atoms with E-state index in [1.54, 1.807) is 0 Å². The van der Waals surface area contributed by atoms with Gasteiger partial charge in [0, 0.05) is 19.1 Å². The van der Waals surface area contributed by atoms with Gasteiger partial charge >= 0.3 is 0 Å². The van der Waals surface area contributed by atoms with Crippen molar-refractivity contribution in [3.8, 4) is 0 Å². The molecule has 0 spiro atoms. The third kappa shape index (κ3) is 5.09. The summed E-state index contributed by atoms with van der Waals surface area (Å²) < 4.78 is 22.5. The lowest BCUT2D eigenvalue weighted by Gasteiger charge is -2.58. The summed E-state index contributed by atoms with van der Waals surface area (Å²) in [6.45, 7) is 5.06. The van der Waals surface area contributed by atoms with E-state index in [0.29, 0.717) is 30.6 Å². The molecule has 4 aliphatic rings. The summed E-state index contributed by atoms with van der Waals surface area (Å²) >= 11 is 0. The first-order valence-corrected chi connectivity index (χ1v) is 15.4. The molecule has 0 aromatic heterocycles. The summed E-state index contributed by atoms with van der Waals surface area (Å²) in [6, 6.07) is 0. The van der Waals surface area contributed by atoms with Crippen molar-refractivity contribution in [3.05, 3.63) is 0 Å². The lowest BCUT2D eigenvalue weighted by molar-refractivity contribution is -0.119. The van der Waals surface area contributed by atoms with Crippen molar-refractivity contribution in [2.45, 2.75) is 104 Å². The van der Waals surface area contributed by atoms with Gasteiger partial charge in [0.05, 0.1) is 5.75 Å². The molecule has 0 heterocycles. The second-order valence-corrected chi connectivity index (χ2v) is 14.5. The van der Waals surface area contributed by atoms with Crippen molar-refractivity contribution in [2.24, 2.45) is 46.8 Å². The Kier molecular flexibility index (Phi) is 7.26. The summed E-state index contributed by atoms with van der Waals surface area (Å²) in [5.74, 6) is 6.67. The second-order valence-electron chi connectivity index (χ2n) is 12.2. The van der Waals surface area contributed by atoms with Crippen molar-refractivity contribution in [2.75, 3.05) is 12.0 Å². The Bertz CT molecular complexity index is 744. The lowest BCUT2D eigenvalue weighted by atomic mass is 9.47. The minimum Gasteiger partial charge on any atom is -0.300 e. The SMILES string of the molecule is C[C@H](CCC(=O)CCCS(C)(=O)=O)C1CCC2C1CC[C@H]1[C@H]2CCC2CCCC[C@@]21C. The molecule has 178 valence electrons. The Morgan fingerprint density at radius 3 is 2.45 bits per heavy atom. The Balaban J connectivity index is 1.29. The Labute approximate surface area is 191 Å².